The van der Waals surface area contributed by atoms with E-state index >= 15 is 0 Å². The number of H-pyrrole nitrogens is 1. The summed E-state index contributed by atoms with van der Waals surface area (Å²) >= 11 is 0. The van der Waals surface area contributed by atoms with Crippen molar-refractivity contribution in [3.05, 3.63) is 52.3 Å². The van der Waals surface area contributed by atoms with Gasteiger partial charge in [-0.05, 0) is 37.8 Å². The molecule has 1 amide bonds. The second-order valence-corrected chi connectivity index (χ2v) is 5.76. The Balaban J connectivity index is 1.78. The average molecular weight is 267 g/mol. The largest absolute Gasteiger partial charge is 0.324 e. The standard InChI is InChI=1S/C16H17N3O/c1-9-15(10(2)18-17-9)16(20)19-13-7-8-14(19)12-6-4-3-5-11(12)13/h3-6,13-14H,7-8H2,1-2H3,(H,17,18). The highest BCUT2D eigenvalue weighted by Crippen LogP contribution is 2.53. The summed E-state index contributed by atoms with van der Waals surface area (Å²) in [6.45, 7) is 3.81. The van der Waals surface area contributed by atoms with Gasteiger partial charge in [-0.3, -0.25) is 9.89 Å². The summed E-state index contributed by atoms with van der Waals surface area (Å²) < 4.78 is 0. The SMILES string of the molecule is Cc1n[nH]c(C)c1C(=O)N1C2CCC1c1ccccc12. The maximum Gasteiger partial charge on any atom is 0.258 e. The van der Waals surface area contributed by atoms with Crippen LogP contribution in [0.25, 0.3) is 0 Å². The van der Waals surface area contributed by atoms with Crippen molar-refractivity contribution in [1.29, 1.82) is 0 Å². The number of nitrogens with one attached hydrogen (secondary N) is 1. The van der Waals surface area contributed by atoms with Crippen LogP contribution in [0.3, 0.4) is 0 Å². The molecule has 4 rings (SSSR count). The molecule has 0 aliphatic carbocycles. The second-order valence-electron chi connectivity index (χ2n) is 5.76. The van der Waals surface area contributed by atoms with E-state index in [0.29, 0.717) is 0 Å². The van der Waals surface area contributed by atoms with Crippen molar-refractivity contribution in [3.8, 4) is 0 Å². The predicted octanol–water partition coefficient (Wildman–Crippen LogP) is 3.06. The van der Waals surface area contributed by atoms with Crippen LogP contribution in [0.1, 0.15) is 57.8 Å². The van der Waals surface area contributed by atoms with Crippen LogP contribution in [-0.2, 0) is 0 Å². The normalized spacial score (nSPS) is 23.2. The lowest BCUT2D eigenvalue weighted by atomic mass is 9.92. The van der Waals surface area contributed by atoms with Gasteiger partial charge in [0.2, 0.25) is 0 Å². The van der Waals surface area contributed by atoms with E-state index in [1.807, 2.05) is 13.8 Å². The van der Waals surface area contributed by atoms with Gasteiger partial charge in [-0.15, -0.1) is 0 Å². The summed E-state index contributed by atoms with van der Waals surface area (Å²) in [5, 5.41) is 7.07. The summed E-state index contributed by atoms with van der Waals surface area (Å²) in [4.78, 5) is 15.0. The number of fused-ring (bicyclic) bond motifs is 5. The lowest BCUT2D eigenvalue weighted by Crippen LogP contribution is -2.28. The molecule has 2 unspecified atom stereocenters. The fraction of sp³-hybridized carbons (Fsp3) is 0.375. The van der Waals surface area contributed by atoms with E-state index in [2.05, 4.69) is 39.4 Å². The van der Waals surface area contributed by atoms with E-state index in [9.17, 15) is 4.79 Å². The molecule has 4 nitrogen and oxygen atoms in total. The van der Waals surface area contributed by atoms with E-state index in [4.69, 9.17) is 0 Å². The maximum atomic E-state index is 12.9. The molecule has 20 heavy (non-hydrogen) atoms. The van der Waals surface area contributed by atoms with Crippen LogP contribution in [0, 0.1) is 13.8 Å². The van der Waals surface area contributed by atoms with Crippen LogP contribution in [0.4, 0.5) is 0 Å². The van der Waals surface area contributed by atoms with Gasteiger partial charge in [0.15, 0.2) is 0 Å². The molecule has 0 radical (unpaired) electrons. The summed E-state index contributed by atoms with van der Waals surface area (Å²) in [6.07, 6.45) is 2.15. The third kappa shape index (κ3) is 1.36. The Hall–Kier alpha value is -2.10. The molecule has 2 aromatic rings. The molecule has 1 fully saturated rings. The molecule has 2 bridgehead atoms. The van der Waals surface area contributed by atoms with E-state index in [1.54, 1.807) is 0 Å². The molecule has 2 atom stereocenters. The zero-order chi connectivity index (χ0) is 13.9. The van der Waals surface area contributed by atoms with E-state index in [-0.39, 0.29) is 18.0 Å². The Morgan fingerprint density at radius 2 is 1.80 bits per heavy atom. The number of aromatic amines is 1. The molecule has 0 spiro atoms. The highest BCUT2D eigenvalue weighted by atomic mass is 16.2. The Bertz CT molecular complexity index is 653. The van der Waals surface area contributed by atoms with Crippen LogP contribution in [-0.4, -0.2) is 21.0 Å². The maximum absolute atomic E-state index is 12.9. The van der Waals surface area contributed by atoms with Crippen LogP contribution in [0.15, 0.2) is 24.3 Å². The van der Waals surface area contributed by atoms with Crippen LogP contribution in [0.5, 0.6) is 0 Å². The highest BCUT2D eigenvalue weighted by Gasteiger charge is 2.46. The number of carbonyl (C=O) groups excluding carboxylic acids is 1. The zero-order valence-corrected chi connectivity index (χ0v) is 11.7. The summed E-state index contributed by atoms with van der Waals surface area (Å²) in [7, 11) is 0. The molecule has 102 valence electrons. The fourth-order valence-corrected chi connectivity index (χ4v) is 3.82. The van der Waals surface area contributed by atoms with Gasteiger partial charge in [0, 0.05) is 5.69 Å². The molecule has 1 aromatic heterocycles. The predicted molar refractivity (Wildman–Crippen MR) is 75.4 cm³/mol. The Labute approximate surface area is 117 Å². The highest BCUT2D eigenvalue weighted by molar-refractivity contribution is 5.97. The number of carbonyl (C=O) groups is 1. The van der Waals surface area contributed by atoms with Gasteiger partial charge in [0.05, 0.1) is 23.3 Å². The number of rotatable bonds is 1. The van der Waals surface area contributed by atoms with Gasteiger partial charge in [-0.2, -0.15) is 5.10 Å². The first-order chi connectivity index (χ1) is 9.68. The summed E-state index contributed by atoms with van der Waals surface area (Å²) in [5.74, 6) is 0.123. The van der Waals surface area contributed by atoms with Crippen molar-refractivity contribution in [1.82, 2.24) is 15.1 Å². The van der Waals surface area contributed by atoms with Crippen LogP contribution >= 0.6 is 0 Å². The molecule has 3 heterocycles. The Morgan fingerprint density at radius 1 is 1.20 bits per heavy atom. The third-order valence-electron chi connectivity index (χ3n) is 4.68. The van der Waals surface area contributed by atoms with Crippen molar-refractivity contribution in [2.75, 3.05) is 0 Å². The molecule has 0 saturated carbocycles. The first kappa shape index (κ1) is 11.7. The lowest BCUT2D eigenvalue weighted by molar-refractivity contribution is 0.0695. The lowest BCUT2D eigenvalue weighted by Gasteiger charge is -2.22. The third-order valence-corrected chi connectivity index (χ3v) is 4.68. The zero-order valence-electron chi connectivity index (χ0n) is 11.7. The van der Waals surface area contributed by atoms with Gasteiger partial charge in [0.25, 0.3) is 5.91 Å². The van der Waals surface area contributed by atoms with Crippen LogP contribution in [0.2, 0.25) is 0 Å². The number of hydrogen-bond acceptors (Lipinski definition) is 2. The fourth-order valence-electron chi connectivity index (χ4n) is 3.82. The number of aromatic nitrogens is 2. The van der Waals surface area contributed by atoms with E-state index in [1.165, 1.54) is 11.1 Å². The number of hydrogen-bond donors (Lipinski definition) is 1. The smallest absolute Gasteiger partial charge is 0.258 e. The molecular weight excluding hydrogens is 250 g/mol. The van der Waals surface area contributed by atoms with Crippen molar-refractivity contribution in [2.45, 2.75) is 38.8 Å². The van der Waals surface area contributed by atoms with E-state index in [0.717, 1.165) is 29.8 Å². The molecule has 1 saturated heterocycles. The Morgan fingerprint density at radius 3 is 2.30 bits per heavy atom. The summed E-state index contributed by atoms with van der Waals surface area (Å²) in [6, 6.07) is 8.95. The number of nitrogens with zero attached hydrogens (tertiary/aromatic N) is 2. The first-order valence-electron chi connectivity index (χ1n) is 7.11. The monoisotopic (exact) mass is 267 g/mol. The molecule has 4 heteroatoms. The number of amides is 1. The quantitative estimate of drug-likeness (QED) is 0.863. The molecule has 2 aliphatic heterocycles. The minimum Gasteiger partial charge on any atom is -0.324 e. The van der Waals surface area contributed by atoms with Gasteiger partial charge in [-0.1, -0.05) is 24.3 Å². The van der Waals surface area contributed by atoms with E-state index < -0.39 is 0 Å². The van der Waals surface area contributed by atoms with Gasteiger partial charge in [-0.25, -0.2) is 0 Å². The minimum absolute atomic E-state index is 0.123. The van der Waals surface area contributed by atoms with Gasteiger partial charge in [0.1, 0.15) is 0 Å². The average Bonchev–Trinajstić information content (AvgIpc) is 3.11. The number of aryl methyl sites for hydroxylation is 2. The summed E-state index contributed by atoms with van der Waals surface area (Å²) in [5.41, 5.74) is 5.06. The molecule has 1 aromatic carbocycles. The first-order valence-corrected chi connectivity index (χ1v) is 7.11. The molecular formula is C16H17N3O. The van der Waals surface area contributed by atoms with Crippen molar-refractivity contribution < 1.29 is 4.79 Å². The minimum atomic E-state index is 0.123. The van der Waals surface area contributed by atoms with Crippen molar-refractivity contribution in [2.24, 2.45) is 0 Å². The van der Waals surface area contributed by atoms with Gasteiger partial charge >= 0.3 is 0 Å². The topological polar surface area (TPSA) is 49.0 Å². The van der Waals surface area contributed by atoms with Crippen LogP contribution < -0.4 is 0 Å². The second kappa shape index (κ2) is 3.95. The van der Waals surface area contributed by atoms with Gasteiger partial charge < -0.3 is 4.90 Å². The van der Waals surface area contributed by atoms with Crippen molar-refractivity contribution in [3.63, 3.8) is 0 Å². The van der Waals surface area contributed by atoms with Crippen molar-refractivity contribution >= 4 is 5.91 Å². The Kier molecular flexibility index (Phi) is 2.31. The molecule has 1 N–H and O–H groups in total. The number of benzene rings is 1. The molecule has 2 aliphatic rings.